The molecule has 0 bridgehead atoms. The number of nitrogens with zero attached hydrogens (tertiary/aromatic N) is 4. The number of rotatable bonds is 33. The molecule has 4 aromatic carbocycles. The van der Waals surface area contributed by atoms with E-state index in [0.29, 0.717) is 59.5 Å². The Morgan fingerprint density at radius 1 is 0.570 bits per heavy atom. The third kappa shape index (κ3) is 38.8. The van der Waals surface area contributed by atoms with E-state index in [1.807, 2.05) is 84.9 Å². The number of ketones is 3. The van der Waals surface area contributed by atoms with Gasteiger partial charge in [-0.25, -0.2) is 0 Å². The smallest absolute Gasteiger partial charge is 0.303 e. The zero-order valence-corrected chi connectivity index (χ0v) is 67.6. The topological polar surface area (TPSA) is 267 Å². The number of ether oxygens (including phenoxy) is 4. The van der Waals surface area contributed by atoms with Gasteiger partial charge in [0.2, 0.25) is 20.2 Å². The summed E-state index contributed by atoms with van der Waals surface area (Å²) < 4.78 is 32.3. The van der Waals surface area contributed by atoms with Crippen molar-refractivity contribution in [2.75, 3.05) is 48.9 Å². The van der Waals surface area contributed by atoms with Gasteiger partial charge in [0.1, 0.15) is 28.8 Å². The number of hydrogen-bond acceptors (Lipinski definition) is 18. The highest BCUT2D eigenvalue weighted by Gasteiger charge is 2.20. The number of unbranched alkanes of at least 4 members (excludes halogenated alkanes) is 2. The minimum atomic E-state index is -0.811. The lowest BCUT2D eigenvalue weighted by Crippen LogP contribution is -2.08. The number of nitrogens with one attached hydrogen (secondary N) is 1. The SMILES string of the molecule is C/C=C/C(C)=O.C/C=C/Cc1cc(/C(C)=C/C(C)=O)cc(N)c1OCCC.C/C=C/Cc1cc(Br)cc(N)c1OCCC.CC.CCCCc1cc(C(C)CC(=O)O)cc(Nc2nc(Cl)ns2)c1OCCC.CCCCc1cc(C(C)CC(C)=O)cc(N)c1OCCC.Clc1nsc(Cl)n1. The Morgan fingerprint density at radius 3 is 1.42 bits per heavy atom. The summed E-state index contributed by atoms with van der Waals surface area (Å²) in [5, 5.41) is 13.4. The van der Waals surface area contributed by atoms with Gasteiger partial charge < -0.3 is 51.4 Å². The van der Waals surface area contributed by atoms with Gasteiger partial charge in [-0.15, -0.1) is 0 Å². The predicted molar refractivity (Wildman–Crippen MR) is 428 cm³/mol. The molecule has 23 heteroatoms. The number of Topliss-reactive ketones (excluding diaryl/α,β-unsaturated/α-hetero) is 1. The summed E-state index contributed by atoms with van der Waals surface area (Å²) in [6, 6.07) is 16.0. The van der Waals surface area contributed by atoms with E-state index in [-0.39, 0.29) is 46.2 Å². The maximum absolute atomic E-state index is 11.3. The van der Waals surface area contributed by atoms with Crippen LogP contribution in [-0.4, -0.2) is 73.6 Å². The van der Waals surface area contributed by atoms with Crippen molar-refractivity contribution >= 4 is 131 Å². The average Bonchev–Trinajstić information content (AvgIpc) is 1.26. The summed E-state index contributed by atoms with van der Waals surface area (Å²) in [5.74, 6) is 2.85. The van der Waals surface area contributed by atoms with Crippen molar-refractivity contribution in [3.63, 3.8) is 0 Å². The van der Waals surface area contributed by atoms with Crippen LogP contribution in [0.15, 0.2) is 95.5 Å². The van der Waals surface area contributed by atoms with Gasteiger partial charge in [-0.3, -0.25) is 14.4 Å². The first kappa shape index (κ1) is 93.2. The molecular weight excluding hydrogens is 1430 g/mol. The molecule has 554 valence electrons. The highest BCUT2D eigenvalue weighted by molar-refractivity contribution is 9.10. The lowest BCUT2D eigenvalue weighted by Gasteiger charge is -2.20. The van der Waals surface area contributed by atoms with Crippen LogP contribution in [-0.2, 0) is 44.9 Å². The van der Waals surface area contributed by atoms with Crippen molar-refractivity contribution in [3.05, 3.63) is 150 Å². The minimum absolute atomic E-state index is 0.0346. The number of carbonyl (C=O) groups is 4. The number of nitrogen functional groups attached to an aromatic ring is 3. The first-order valence-electron chi connectivity index (χ1n) is 34.4. The molecule has 100 heavy (non-hydrogen) atoms. The zero-order valence-electron chi connectivity index (χ0n) is 62.1. The number of allylic oxidation sites excluding steroid dienone is 8. The highest BCUT2D eigenvalue weighted by atomic mass is 79.9. The summed E-state index contributed by atoms with van der Waals surface area (Å²) in [6.45, 7) is 35.7. The molecular formula is C77H112BrCl3N8O9S2. The molecule has 2 atom stereocenters. The van der Waals surface area contributed by atoms with Crippen LogP contribution in [0.4, 0.5) is 27.9 Å². The normalized spacial score (nSPS) is 11.3. The van der Waals surface area contributed by atoms with Crippen molar-refractivity contribution in [3.8, 4) is 23.0 Å². The molecule has 2 heterocycles. The van der Waals surface area contributed by atoms with Crippen LogP contribution in [0.1, 0.15) is 233 Å². The largest absolute Gasteiger partial charge is 0.491 e. The summed E-state index contributed by atoms with van der Waals surface area (Å²) in [6.07, 6.45) is 25.3. The summed E-state index contributed by atoms with van der Waals surface area (Å²) in [4.78, 5) is 51.4. The number of anilines is 5. The number of benzene rings is 4. The fraction of sp³-hybridized carbons (Fsp3) is 0.481. The van der Waals surface area contributed by atoms with Crippen LogP contribution in [0.5, 0.6) is 23.0 Å². The van der Waals surface area contributed by atoms with Crippen molar-refractivity contribution in [2.45, 2.75) is 219 Å². The van der Waals surface area contributed by atoms with Crippen LogP contribution >= 0.6 is 73.8 Å². The maximum atomic E-state index is 11.3. The molecule has 6 aromatic rings. The number of halogens is 4. The third-order valence-electron chi connectivity index (χ3n) is 13.8. The molecule has 0 radical (unpaired) electrons. The molecule has 8 N–H and O–H groups in total. The van der Waals surface area contributed by atoms with Gasteiger partial charge in [-0.05, 0) is 253 Å². The van der Waals surface area contributed by atoms with E-state index in [1.165, 1.54) is 30.1 Å². The van der Waals surface area contributed by atoms with Crippen molar-refractivity contribution in [1.29, 1.82) is 0 Å². The second-order valence-electron chi connectivity index (χ2n) is 23.0. The Labute approximate surface area is 629 Å². The molecule has 0 fully saturated rings. The summed E-state index contributed by atoms with van der Waals surface area (Å²) >= 11 is 22.1. The summed E-state index contributed by atoms with van der Waals surface area (Å²) in [7, 11) is 0. The highest BCUT2D eigenvalue weighted by Crippen LogP contribution is 2.39. The van der Waals surface area contributed by atoms with Gasteiger partial charge in [0.05, 0.1) is 55.6 Å². The number of aliphatic carboxylic acids is 1. The molecule has 2 unspecified atom stereocenters. The lowest BCUT2D eigenvalue weighted by atomic mass is 9.92. The molecule has 0 aliphatic heterocycles. The Bertz CT molecular complexity index is 3490. The fourth-order valence-electron chi connectivity index (χ4n) is 9.25. The molecule has 0 aliphatic carbocycles. The maximum Gasteiger partial charge on any atom is 0.303 e. The van der Waals surface area contributed by atoms with E-state index in [2.05, 4.69) is 125 Å². The Morgan fingerprint density at radius 2 is 1.02 bits per heavy atom. The van der Waals surface area contributed by atoms with Crippen LogP contribution in [0.3, 0.4) is 0 Å². The Balaban J connectivity index is 0.00000123. The van der Waals surface area contributed by atoms with Crippen molar-refractivity contribution in [1.82, 2.24) is 18.7 Å². The molecule has 0 aliphatic rings. The average molecular weight is 1540 g/mol. The number of carboxylic acid groups (broad SMARTS) is 1. The molecule has 6 rings (SSSR count). The summed E-state index contributed by atoms with van der Waals surface area (Å²) in [5.41, 5.74) is 29.5. The molecule has 0 saturated carbocycles. The number of nitrogens with two attached hydrogens (primary N) is 3. The van der Waals surface area contributed by atoms with Gasteiger partial charge in [-0.1, -0.05) is 141 Å². The van der Waals surface area contributed by atoms with E-state index in [0.717, 1.165) is 161 Å². The van der Waals surface area contributed by atoms with E-state index in [9.17, 15) is 19.2 Å². The zero-order chi connectivity index (χ0) is 75.7. The first-order valence-corrected chi connectivity index (χ1v) is 37.9. The first-order chi connectivity index (χ1) is 47.7. The molecule has 2 aromatic heterocycles. The molecule has 0 spiro atoms. The Kier molecular flexibility index (Phi) is 51.1. The van der Waals surface area contributed by atoms with Gasteiger partial charge in [0.25, 0.3) is 0 Å². The van der Waals surface area contributed by atoms with Crippen LogP contribution in [0, 0.1) is 0 Å². The van der Waals surface area contributed by atoms with Crippen molar-refractivity contribution < 1.29 is 43.2 Å². The molecule has 0 saturated heterocycles. The van der Waals surface area contributed by atoms with Gasteiger partial charge in [0.15, 0.2) is 11.6 Å². The van der Waals surface area contributed by atoms with Gasteiger partial charge >= 0.3 is 5.97 Å². The standard InChI is InChI=1S/C19H26ClN3O3S.C18H29NO2.C18H25NO2.C13H18BrNO.C5H8O.C2Cl2N2S.C2H6/c1-4-6-7-13-10-14(12(3)9-16(24)25)11-15(17(13)26-8-5-2)21-19-22-18(20)23-27-19;2*1-5-7-8-15-11-16(13(3)10-14(4)20)12-17(19)18(15)21-9-6-2;1-3-5-6-10-8-11(14)9-12(15)13(10)16-7-4-2;1-3-4-5(2)6;3-1-5-2(4)7-6-1;1-2/h10-12H,4-9H2,1-3H3,(H,24,25)(H,21,22,23);11-13H,5-10,19H2,1-4H3;5,7,10-12H,6,8-9,19H2,1-4H3;3,5,8-9H,4,6-7,15H2,1-2H3;3-4H,1-2H3;;1-2H3/b;;7-5+,13-10+;5-3+;4-3+;;. The molecule has 0 amide bonds. The minimum Gasteiger partial charge on any atom is -0.491 e. The number of aryl methyl sites for hydroxylation is 2. The predicted octanol–water partition coefficient (Wildman–Crippen LogP) is 22.3. The fourth-order valence-corrected chi connectivity index (χ4v) is 11.3. The van der Waals surface area contributed by atoms with E-state index >= 15 is 0 Å². The van der Waals surface area contributed by atoms with Crippen molar-refractivity contribution in [2.24, 2.45) is 0 Å². The monoisotopic (exact) mass is 1540 g/mol. The van der Waals surface area contributed by atoms with Crippen LogP contribution in [0.2, 0.25) is 15.0 Å². The Hall–Kier alpha value is -6.81. The number of hydrogen-bond donors (Lipinski definition) is 5. The van der Waals surface area contributed by atoms with E-state index in [1.54, 1.807) is 26.0 Å². The number of carboxylic acids is 1. The second-order valence-corrected chi connectivity index (χ2v) is 26.7. The van der Waals surface area contributed by atoms with Crippen LogP contribution < -0.4 is 41.5 Å². The molecule has 17 nitrogen and oxygen atoms in total. The quantitative estimate of drug-likeness (QED) is 0.0146. The third-order valence-corrected chi connectivity index (χ3v) is 16.2. The number of aromatic nitrogens is 4. The van der Waals surface area contributed by atoms with Crippen LogP contribution in [0.25, 0.3) is 5.57 Å². The second kappa shape index (κ2) is 54.9. The lowest BCUT2D eigenvalue weighted by molar-refractivity contribution is -0.137. The van der Waals surface area contributed by atoms with Gasteiger partial charge in [-0.2, -0.15) is 18.7 Å². The number of carbonyl (C=O) groups excluding carboxylic acids is 3. The van der Waals surface area contributed by atoms with E-state index in [4.69, 9.17) is 76.1 Å². The van der Waals surface area contributed by atoms with Gasteiger partial charge in [0, 0.05) is 33.6 Å². The van der Waals surface area contributed by atoms with E-state index < -0.39 is 5.97 Å².